The Hall–Kier alpha value is -3.53. The van der Waals surface area contributed by atoms with Crippen molar-refractivity contribution in [3.63, 3.8) is 0 Å². The summed E-state index contributed by atoms with van der Waals surface area (Å²) < 4.78 is 7.93. The van der Waals surface area contributed by atoms with E-state index in [1.807, 2.05) is 36.4 Å². The van der Waals surface area contributed by atoms with Gasteiger partial charge >= 0.3 is 179 Å². The third-order valence-corrected chi connectivity index (χ3v) is 10.2. The van der Waals surface area contributed by atoms with Gasteiger partial charge in [0.25, 0.3) is 0 Å². The van der Waals surface area contributed by atoms with Crippen molar-refractivity contribution in [1.82, 2.24) is 18.8 Å². The monoisotopic (exact) mass is 604 g/mol. The van der Waals surface area contributed by atoms with E-state index in [1.54, 1.807) is 20.9 Å². The van der Waals surface area contributed by atoms with Crippen LogP contribution in [0.25, 0.3) is 60.7 Å². The van der Waals surface area contributed by atoms with Crippen molar-refractivity contribution in [3.05, 3.63) is 84.3 Å². The van der Waals surface area contributed by atoms with E-state index in [4.69, 9.17) is 9.97 Å². The molecule has 32 heavy (non-hydrogen) atoms. The molecule has 0 atom stereocenters. The summed E-state index contributed by atoms with van der Waals surface area (Å²) in [6.45, 7) is 0. The van der Waals surface area contributed by atoms with E-state index in [-0.39, 0.29) is 11.1 Å². The summed E-state index contributed by atoms with van der Waals surface area (Å²) in [5, 5.41) is 4.58. The molecule has 7 aromatic rings. The molecule has 0 aliphatic carbocycles. The molecule has 0 saturated heterocycles. The van der Waals surface area contributed by atoms with Crippen LogP contribution in [0.3, 0.4) is 0 Å². The van der Waals surface area contributed by atoms with Crippen LogP contribution in [0.15, 0.2) is 61.8 Å². The first-order valence-corrected chi connectivity index (χ1v) is 15.6. The van der Waals surface area contributed by atoms with Gasteiger partial charge < -0.3 is 0 Å². The zero-order valence-electron chi connectivity index (χ0n) is 16.5. The van der Waals surface area contributed by atoms with E-state index in [0.29, 0.717) is 22.1 Å². The maximum atomic E-state index is 13.6. The normalized spacial score (nSPS) is 13.4. The van der Waals surface area contributed by atoms with Gasteiger partial charge in [0.2, 0.25) is 0 Å². The van der Waals surface area contributed by atoms with Crippen LogP contribution in [-0.2, 0) is 0 Å². The summed E-state index contributed by atoms with van der Waals surface area (Å²) >= 11 is -1.11. The first-order chi connectivity index (χ1) is 15.7. The minimum atomic E-state index is -1.11. The van der Waals surface area contributed by atoms with E-state index in [2.05, 4.69) is 13.3 Å². The number of hydrogen-bond donors (Lipinski definition) is 0. The molecule has 0 amide bonds. The first kappa shape index (κ1) is 17.1. The molecule has 1 aliphatic rings. The van der Waals surface area contributed by atoms with Crippen LogP contribution in [0.5, 0.6) is 0 Å². The van der Waals surface area contributed by atoms with Gasteiger partial charge in [-0.25, -0.2) is 0 Å². The third kappa shape index (κ3) is 1.85. The Kier molecular flexibility index (Phi) is 3.01. The summed E-state index contributed by atoms with van der Waals surface area (Å²) in [5.41, 5.74) is 4.45. The average Bonchev–Trinajstić information content (AvgIpc) is 3.40. The molecule has 3 aromatic carbocycles. The number of pyridine rings is 2. The van der Waals surface area contributed by atoms with Gasteiger partial charge in [-0.15, -0.1) is 0 Å². The molecule has 6 nitrogen and oxygen atoms in total. The zero-order chi connectivity index (χ0) is 21.1. The molecular formula is C25H11N4O2Tl. The molecule has 1 aliphatic heterocycles. The van der Waals surface area contributed by atoms with E-state index >= 15 is 0 Å². The van der Waals surface area contributed by atoms with Crippen LogP contribution in [0, 0.1) is 0 Å². The van der Waals surface area contributed by atoms with Gasteiger partial charge in [0, 0.05) is 0 Å². The molecule has 5 heterocycles. The molecule has 0 fully saturated rings. The van der Waals surface area contributed by atoms with Crippen molar-refractivity contribution in [2.24, 2.45) is 0 Å². The summed E-state index contributed by atoms with van der Waals surface area (Å²) in [6.07, 6.45) is 2.06. The molecule has 0 N–H and O–H groups in total. The number of para-hydroxylation sites is 2. The van der Waals surface area contributed by atoms with E-state index in [1.165, 1.54) is 0 Å². The van der Waals surface area contributed by atoms with Crippen LogP contribution < -0.4 is 11.1 Å². The number of fused-ring (bicyclic) bond motifs is 8. The summed E-state index contributed by atoms with van der Waals surface area (Å²) in [4.78, 5) is 36.8. The second-order valence-corrected chi connectivity index (χ2v) is 12.5. The van der Waals surface area contributed by atoms with Gasteiger partial charge in [0.1, 0.15) is 0 Å². The summed E-state index contributed by atoms with van der Waals surface area (Å²) in [6, 6.07) is 15.3. The number of imidazole rings is 2. The number of rotatable bonds is 0. The molecule has 0 spiro atoms. The zero-order valence-corrected chi connectivity index (χ0v) is 21.0. The van der Waals surface area contributed by atoms with Crippen LogP contribution >= 0.6 is 0 Å². The second kappa shape index (κ2) is 5.63. The van der Waals surface area contributed by atoms with Crippen LogP contribution in [0.2, 0.25) is 0 Å². The van der Waals surface area contributed by atoms with Gasteiger partial charge in [-0.2, -0.15) is 0 Å². The van der Waals surface area contributed by atoms with Gasteiger partial charge in [0.05, 0.1) is 0 Å². The Morgan fingerprint density at radius 3 is 2.16 bits per heavy atom. The fourth-order valence-corrected chi connectivity index (χ4v) is 8.81. The quantitative estimate of drug-likeness (QED) is 0.198. The molecule has 146 valence electrons. The summed E-state index contributed by atoms with van der Waals surface area (Å²) in [5.74, 6) is 0. The molecule has 0 bridgehead atoms. The van der Waals surface area contributed by atoms with Crippen molar-refractivity contribution in [2.75, 3.05) is 0 Å². The van der Waals surface area contributed by atoms with Crippen LogP contribution in [0.4, 0.5) is 0 Å². The molecule has 7 heteroatoms. The van der Waals surface area contributed by atoms with Gasteiger partial charge in [0.15, 0.2) is 0 Å². The van der Waals surface area contributed by atoms with Gasteiger partial charge in [-0.3, -0.25) is 0 Å². The van der Waals surface area contributed by atoms with Crippen LogP contribution in [-0.4, -0.2) is 46.1 Å². The average molecular weight is 604 g/mol. The van der Waals surface area contributed by atoms with Crippen molar-refractivity contribution < 1.29 is 0 Å². The van der Waals surface area contributed by atoms with E-state index in [0.717, 1.165) is 44.0 Å². The molecular weight excluding hydrogens is 593 g/mol. The standard InChI is InChI=1S/C25H11N4O2.Tl/c1-3-17-12(2)28-22(26-17)13-8-9-14-21-16(11-10-15(20(13)21)24(28)30)25(31)29-19-7-5-4-6-18(19)27-23(14)29;/h1-11H;. The Balaban J connectivity index is 1.71. The summed E-state index contributed by atoms with van der Waals surface area (Å²) in [7, 11) is 0. The Labute approximate surface area is 190 Å². The Morgan fingerprint density at radius 2 is 1.38 bits per heavy atom. The Morgan fingerprint density at radius 1 is 0.719 bits per heavy atom. The molecule has 0 saturated carbocycles. The number of nitrogens with zero attached hydrogens (tertiary/aromatic N) is 4. The molecule has 0 radical (unpaired) electrons. The predicted molar refractivity (Wildman–Crippen MR) is 129 cm³/mol. The predicted octanol–water partition coefficient (Wildman–Crippen LogP) is 3.03. The SMILES string of the molecule is O=c1c2ccc3c(=O)n4c5ccccc5nc4c4ccc(c2c34)c2nc3c(n12)[CH]=[Tl][CH]=C3. The van der Waals surface area contributed by atoms with Crippen molar-refractivity contribution in [2.45, 2.75) is 0 Å². The molecule has 4 aromatic heterocycles. The van der Waals surface area contributed by atoms with E-state index in [9.17, 15) is 9.59 Å². The minimum absolute atomic E-state index is 0.0750. The Bertz CT molecular complexity index is 2140. The second-order valence-electron chi connectivity index (χ2n) is 8.20. The van der Waals surface area contributed by atoms with Crippen molar-refractivity contribution in [1.29, 1.82) is 0 Å². The first-order valence-electron chi connectivity index (χ1n) is 10.4. The van der Waals surface area contributed by atoms with Crippen molar-refractivity contribution in [3.8, 4) is 0 Å². The van der Waals surface area contributed by atoms with Crippen LogP contribution in [0.1, 0.15) is 11.4 Å². The number of benzene rings is 3. The fourth-order valence-electron chi connectivity index (χ4n) is 5.29. The maximum absolute atomic E-state index is 13.6. The van der Waals surface area contributed by atoms with Gasteiger partial charge in [-0.1, -0.05) is 12.1 Å². The van der Waals surface area contributed by atoms with E-state index < -0.39 is 23.7 Å². The molecule has 0 unspecified atom stereocenters. The molecule has 8 rings (SSSR count). The fraction of sp³-hybridized carbons (Fsp3) is 0. The van der Waals surface area contributed by atoms with Gasteiger partial charge in [-0.05, 0) is 0 Å². The third-order valence-electron chi connectivity index (χ3n) is 6.63. The number of hydrogen-bond acceptors (Lipinski definition) is 4. The van der Waals surface area contributed by atoms with Crippen molar-refractivity contribution >= 4 is 88.0 Å². The number of aromatic nitrogens is 4. The topological polar surface area (TPSA) is 68.7 Å².